The van der Waals surface area contributed by atoms with E-state index >= 15 is 0 Å². The zero-order valence-electron chi connectivity index (χ0n) is 13.9. The van der Waals surface area contributed by atoms with Gasteiger partial charge in [0, 0.05) is 31.9 Å². The molecule has 1 amide bonds. The molecule has 0 saturated carbocycles. The SMILES string of the molecule is Cc1ccc(CN2CCC(Oc3ccnc(C(N)=O)c3)CC2)cc1. The summed E-state index contributed by atoms with van der Waals surface area (Å²) in [5.74, 6) is 0.129. The molecule has 2 N–H and O–H groups in total. The standard InChI is InChI=1S/C19H23N3O2/c1-14-2-4-15(5-3-14)13-22-10-7-16(8-11-22)24-17-6-9-21-18(12-17)19(20)23/h2-6,9,12,16H,7-8,10-11,13H2,1H3,(H2,20,23). The Hall–Kier alpha value is -2.40. The number of nitrogens with two attached hydrogens (primary N) is 1. The number of rotatable bonds is 5. The molecule has 126 valence electrons. The molecule has 0 radical (unpaired) electrons. The first-order valence-corrected chi connectivity index (χ1v) is 8.30. The number of amides is 1. The highest BCUT2D eigenvalue weighted by Gasteiger charge is 2.21. The number of primary amides is 1. The molecule has 0 atom stereocenters. The van der Waals surface area contributed by atoms with Crippen LogP contribution in [0.4, 0.5) is 0 Å². The van der Waals surface area contributed by atoms with Crippen LogP contribution in [0, 0.1) is 6.92 Å². The van der Waals surface area contributed by atoms with Crippen molar-refractivity contribution < 1.29 is 9.53 Å². The van der Waals surface area contributed by atoms with Gasteiger partial charge in [-0.05, 0) is 31.4 Å². The lowest BCUT2D eigenvalue weighted by atomic mass is 10.1. The molecule has 0 spiro atoms. The number of pyridine rings is 1. The highest BCUT2D eigenvalue weighted by Crippen LogP contribution is 2.20. The van der Waals surface area contributed by atoms with E-state index in [4.69, 9.17) is 10.5 Å². The average Bonchev–Trinajstić information content (AvgIpc) is 2.59. The molecule has 1 saturated heterocycles. The number of carbonyl (C=O) groups is 1. The molecule has 1 aliphatic heterocycles. The van der Waals surface area contributed by atoms with Crippen molar-refractivity contribution in [3.05, 3.63) is 59.4 Å². The largest absolute Gasteiger partial charge is 0.490 e. The highest BCUT2D eigenvalue weighted by molar-refractivity contribution is 5.91. The van der Waals surface area contributed by atoms with Crippen molar-refractivity contribution in [1.29, 1.82) is 0 Å². The van der Waals surface area contributed by atoms with Crippen molar-refractivity contribution in [2.75, 3.05) is 13.1 Å². The summed E-state index contributed by atoms with van der Waals surface area (Å²) in [6, 6.07) is 12.1. The second kappa shape index (κ2) is 7.45. The molecule has 0 aliphatic carbocycles. The second-order valence-corrected chi connectivity index (χ2v) is 6.32. The van der Waals surface area contributed by atoms with Gasteiger partial charge in [-0.2, -0.15) is 0 Å². The van der Waals surface area contributed by atoms with Crippen LogP contribution in [-0.2, 0) is 6.54 Å². The summed E-state index contributed by atoms with van der Waals surface area (Å²) < 4.78 is 5.99. The van der Waals surface area contributed by atoms with Crippen LogP contribution in [0.2, 0.25) is 0 Å². The van der Waals surface area contributed by atoms with Crippen LogP contribution in [0.5, 0.6) is 5.75 Å². The first-order valence-electron chi connectivity index (χ1n) is 8.30. The molecule has 2 heterocycles. The van der Waals surface area contributed by atoms with Gasteiger partial charge in [0.25, 0.3) is 5.91 Å². The van der Waals surface area contributed by atoms with Crippen molar-refractivity contribution in [3.63, 3.8) is 0 Å². The van der Waals surface area contributed by atoms with E-state index in [-0.39, 0.29) is 11.8 Å². The molecule has 3 rings (SSSR count). The lowest BCUT2D eigenvalue weighted by molar-refractivity contribution is 0.0953. The van der Waals surface area contributed by atoms with Crippen LogP contribution in [0.3, 0.4) is 0 Å². The molecular weight excluding hydrogens is 302 g/mol. The van der Waals surface area contributed by atoms with E-state index in [0.717, 1.165) is 32.5 Å². The number of hydrogen-bond donors (Lipinski definition) is 1. The molecular formula is C19H23N3O2. The molecule has 2 aromatic rings. The van der Waals surface area contributed by atoms with Crippen molar-refractivity contribution in [1.82, 2.24) is 9.88 Å². The van der Waals surface area contributed by atoms with Gasteiger partial charge < -0.3 is 10.5 Å². The van der Waals surface area contributed by atoms with Gasteiger partial charge in [-0.1, -0.05) is 29.8 Å². The second-order valence-electron chi connectivity index (χ2n) is 6.32. The van der Waals surface area contributed by atoms with Crippen LogP contribution in [0.15, 0.2) is 42.6 Å². The Bertz CT molecular complexity index is 692. The van der Waals surface area contributed by atoms with Crippen LogP contribution < -0.4 is 10.5 Å². The number of carbonyl (C=O) groups excluding carboxylic acids is 1. The number of nitrogens with zero attached hydrogens (tertiary/aromatic N) is 2. The number of hydrogen-bond acceptors (Lipinski definition) is 4. The summed E-state index contributed by atoms with van der Waals surface area (Å²) in [5.41, 5.74) is 8.13. The third-order valence-electron chi connectivity index (χ3n) is 4.35. The van der Waals surface area contributed by atoms with E-state index in [1.807, 2.05) is 0 Å². The minimum absolute atomic E-state index is 0.169. The van der Waals surface area contributed by atoms with Gasteiger partial charge in [-0.15, -0.1) is 0 Å². The van der Waals surface area contributed by atoms with E-state index in [2.05, 4.69) is 41.1 Å². The lowest BCUT2D eigenvalue weighted by Gasteiger charge is -2.32. The fraction of sp³-hybridized carbons (Fsp3) is 0.368. The Kier molecular flexibility index (Phi) is 5.11. The summed E-state index contributed by atoms with van der Waals surface area (Å²) >= 11 is 0. The molecule has 24 heavy (non-hydrogen) atoms. The normalized spacial score (nSPS) is 16.0. The van der Waals surface area contributed by atoms with Crippen LogP contribution in [0.25, 0.3) is 0 Å². The maximum atomic E-state index is 11.2. The molecule has 1 aromatic carbocycles. The Morgan fingerprint density at radius 1 is 1.25 bits per heavy atom. The Labute approximate surface area is 142 Å². The highest BCUT2D eigenvalue weighted by atomic mass is 16.5. The molecule has 1 aromatic heterocycles. The number of benzene rings is 1. The summed E-state index contributed by atoms with van der Waals surface area (Å²) in [4.78, 5) is 17.6. The molecule has 1 fully saturated rings. The average molecular weight is 325 g/mol. The monoisotopic (exact) mass is 325 g/mol. The lowest BCUT2D eigenvalue weighted by Crippen LogP contribution is -2.37. The third-order valence-corrected chi connectivity index (χ3v) is 4.35. The van der Waals surface area contributed by atoms with Crippen LogP contribution in [0.1, 0.15) is 34.5 Å². The number of ether oxygens (including phenoxy) is 1. The van der Waals surface area contributed by atoms with Gasteiger partial charge in [-0.25, -0.2) is 0 Å². The summed E-state index contributed by atoms with van der Waals surface area (Å²) in [7, 11) is 0. The quantitative estimate of drug-likeness (QED) is 0.917. The van der Waals surface area contributed by atoms with Gasteiger partial charge in [-0.3, -0.25) is 14.7 Å². The van der Waals surface area contributed by atoms with E-state index in [0.29, 0.717) is 5.75 Å². The van der Waals surface area contributed by atoms with Crippen molar-refractivity contribution in [2.24, 2.45) is 5.73 Å². The molecule has 5 heteroatoms. The maximum absolute atomic E-state index is 11.2. The summed E-state index contributed by atoms with van der Waals surface area (Å²) in [6.07, 6.45) is 3.67. The molecule has 0 bridgehead atoms. The minimum atomic E-state index is -0.534. The number of likely N-dealkylation sites (tertiary alicyclic amines) is 1. The smallest absolute Gasteiger partial charge is 0.267 e. The summed E-state index contributed by atoms with van der Waals surface area (Å²) in [5, 5.41) is 0. The first kappa shape index (κ1) is 16.5. The maximum Gasteiger partial charge on any atom is 0.267 e. The van der Waals surface area contributed by atoms with Crippen molar-refractivity contribution >= 4 is 5.91 Å². The van der Waals surface area contributed by atoms with Crippen LogP contribution in [-0.4, -0.2) is 35.0 Å². The van der Waals surface area contributed by atoms with E-state index in [9.17, 15) is 4.79 Å². The molecule has 0 unspecified atom stereocenters. The number of aryl methyl sites for hydroxylation is 1. The number of aromatic nitrogens is 1. The Balaban J connectivity index is 1.51. The van der Waals surface area contributed by atoms with Crippen LogP contribution >= 0.6 is 0 Å². The van der Waals surface area contributed by atoms with Crippen molar-refractivity contribution in [2.45, 2.75) is 32.4 Å². The van der Waals surface area contributed by atoms with Crippen molar-refractivity contribution in [3.8, 4) is 5.75 Å². The van der Waals surface area contributed by atoms with Gasteiger partial charge in [0.1, 0.15) is 17.5 Å². The predicted octanol–water partition coefficient (Wildman–Crippen LogP) is 2.53. The van der Waals surface area contributed by atoms with E-state index < -0.39 is 5.91 Å². The predicted molar refractivity (Wildman–Crippen MR) is 92.9 cm³/mol. The van der Waals surface area contributed by atoms with Gasteiger partial charge >= 0.3 is 0 Å². The summed E-state index contributed by atoms with van der Waals surface area (Å²) in [6.45, 7) is 5.10. The number of piperidine rings is 1. The van der Waals surface area contributed by atoms with E-state index in [1.54, 1.807) is 18.3 Å². The fourth-order valence-corrected chi connectivity index (χ4v) is 2.95. The first-order chi connectivity index (χ1) is 11.6. The third kappa shape index (κ3) is 4.32. The van der Waals surface area contributed by atoms with E-state index in [1.165, 1.54) is 11.1 Å². The zero-order chi connectivity index (χ0) is 16.9. The van der Waals surface area contributed by atoms with Gasteiger partial charge in [0.15, 0.2) is 0 Å². The Morgan fingerprint density at radius 2 is 1.96 bits per heavy atom. The fourth-order valence-electron chi connectivity index (χ4n) is 2.95. The topological polar surface area (TPSA) is 68.4 Å². The van der Waals surface area contributed by atoms with Gasteiger partial charge in [0.05, 0.1) is 0 Å². The Morgan fingerprint density at radius 3 is 2.62 bits per heavy atom. The van der Waals surface area contributed by atoms with Gasteiger partial charge in [0.2, 0.25) is 0 Å². The molecule has 5 nitrogen and oxygen atoms in total. The minimum Gasteiger partial charge on any atom is -0.490 e. The molecule has 1 aliphatic rings. The zero-order valence-corrected chi connectivity index (χ0v) is 13.9.